The van der Waals surface area contributed by atoms with Crippen molar-refractivity contribution in [2.45, 2.75) is 75.5 Å². The first-order valence-corrected chi connectivity index (χ1v) is 23.8. The van der Waals surface area contributed by atoms with Crippen LogP contribution in [0.2, 0.25) is 0 Å². The van der Waals surface area contributed by atoms with Crippen LogP contribution in [0.25, 0.3) is 0 Å². The Morgan fingerprint density at radius 2 is 0.500 bits per heavy atom. The third-order valence-corrected chi connectivity index (χ3v) is 11.9. The summed E-state index contributed by atoms with van der Waals surface area (Å²) in [5.41, 5.74) is 4.02. The summed E-state index contributed by atoms with van der Waals surface area (Å²) < 4.78 is 0. The van der Waals surface area contributed by atoms with E-state index in [1.807, 2.05) is 121 Å². The van der Waals surface area contributed by atoms with Gasteiger partial charge in [-0.3, -0.25) is 38.8 Å². The van der Waals surface area contributed by atoms with Crippen molar-refractivity contribution < 1.29 is 117 Å². The predicted molar refractivity (Wildman–Crippen MR) is 266 cm³/mol. The molecule has 4 aliphatic rings. The van der Waals surface area contributed by atoms with Crippen LogP contribution < -0.4 is 21.3 Å². The Bertz CT molecular complexity index is 2390. The molecule has 0 aliphatic carbocycles. The standard InChI is InChI=1S/4C13H14N2O4.2Rh/c4*16-11(7-6-9-4-2-1-3-5-9)15-8-10(12(17)18)14-13(15)19;;/h4*1-5,10H,6-8H2,(H,14,19)(H,17,18);;/t4*10-;;/m0000../s1. The van der Waals surface area contributed by atoms with Crippen LogP contribution in [-0.4, -0.2) is 162 Å². The van der Waals surface area contributed by atoms with Gasteiger partial charge in [0, 0.05) is 64.6 Å². The minimum Gasteiger partial charge on any atom is -0.480 e. The van der Waals surface area contributed by atoms with E-state index >= 15 is 0 Å². The van der Waals surface area contributed by atoms with Crippen molar-refractivity contribution in [3.05, 3.63) is 144 Å². The van der Waals surface area contributed by atoms with Crippen LogP contribution in [-0.2, 0) is 103 Å². The van der Waals surface area contributed by atoms with E-state index < -0.39 is 72.2 Å². The van der Waals surface area contributed by atoms with Gasteiger partial charge in [0.1, 0.15) is 24.2 Å². The summed E-state index contributed by atoms with van der Waals surface area (Å²) >= 11 is 0. The van der Waals surface area contributed by atoms with Crippen molar-refractivity contribution >= 4 is 71.6 Å². The van der Waals surface area contributed by atoms with Crippen molar-refractivity contribution in [1.29, 1.82) is 0 Å². The summed E-state index contributed by atoms with van der Waals surface area (Å²) in [6, 6.07) is 31.2. The average molecular weight is 1250 g/mol. The van der Waals surface area contributed by atoms with E-state index in [-0.39, 0.29) is 114 Å². The number of nitrogens with one attached hydrogen (secondary N) is 4. The van der Waals surface area contributed by atoms with Crippen molar-refractivity contribution in [1.82, 2.24) is 40.9 Å². The van der Waals surface area contributed by atoms with Crippen LogP contribution in [0.15, 0.2) is 121 Å². The first-order chi connectivity index (χ1) is 36.3. The topological polar surface area (TPSA) is 347 Å². The molecule has 12 amide bonds. The second-order valence-electron chi connectivity index (χ2n) is 17.3. The second kappa shape index (κ2) is 31.7. The van der Waals surface area contributed by atoms with E-state index in [4.69, 9.17) is 20.4 Å². The number of urea groups is 4. The third kappa shape index (κ3) is 19.7. The zero-order valence-corrected chi connectivity index (χ0v) is 44.8. The molecule has 0 saturated carbocycles. The van der Waals surface area contributed by atoms with E-state index in [1.165, 1.54) is 0 Å². The normalized spacial score (nSPS) is 17.7. The minimum absolute atomic E-state index is 0. The molecule has 0 bridgehead atoms. The van der Waals surface area contributed by atoms with Crippen molar-refractivity contribution in [3.8, 4) is 0 Å². The van der Waals surface area contributed by atoms with Gasteiger partial charge >= 0.3 is 48.0 Å². The number of aryl methyl sites for hydroxylation is 4. The molecule has 4 fully saturated rings. The van der Waals surface area contributed by atoms with Crippen LogP contribution in [0, 0.1) is 0 Å². The Hall–Kier alpha value is -8.23. The molecule has 4 saturated heterocycles. The van der Waals surface area contributed by atoms with Gasteiger partial charge in [-0.2, -0.15) is 0 Å². The number of imide groups is 4. The summed E-state index contributed by atoms with van der Waals surface area (Å²) in [5, 5.41) is 44.1. The van der Waals surface area contributed by atoms with E-state index in [0.29, 0.717) is 25.7 Å². The van der Waals surface area contributed by atoms with Crippen LogP contribution >= 0.6 is 0 Å². The molecule has 0 unspecified atom stereocenters. The number of amides is 12. The van der Waals surface area contributed by atoms with Crippen molar-refractivity contribution in [2.24, 2.45) is 0 Å². The fourth-order valence-electron chi connectivity index (χ4n) is 7.70. The van der Waals surface area contributed by atoms with Gasteiger partial charge in [0.15, 0.2) is 0 Å². The summed E-state index contributed by atoms with van der Waals surface area (Å²) in [6.07, 6.45) is 2.85. The molecule has 26 heteroatoms. The van der Waals surface area contributed by atoms with Gasteiger partial charge in [-0.05, 0) is 47.9 Å². The van der Waals surface area contributed by atoms with Crippen LogP contribution in [0.4, 0.5) is 19.2 Å². The molecule has 2 radical (unpaired) electrons. The fraction of sp³-hybridized carbons (Fsp3) is 0.308. The maximum atomic E-state index is 11.9. The predicted octanol–water partition coefficient (Wildman–Crippen LogP) is 2.49. The number of carbonyl (C=O) groups excluding carboxylic acids is 8. The Morgan fingerprint density at radius 1 is 0.333 bits per heavy atom. The zero-order chi connectivity index (χ0) is 55.3. The van der Waals surface area contributed by atoms with E-state index in [2.05, 4.69) is 21.3 Å². The first kappa shape index (κ1) is 64.1. The fourth-order valence-corrected chi connectivity index (χ4v) is 7.70. The van der Waals surface area contributed by atoms with Gasteiger partial charge in [-0.1, -0.05) is 121 Å². The molecule has 4 aromatic rings. The van der Waals surface area contributed by atoms with E-state index in [0.717, 1.165) is 41.9 Å². The molecule has 24 nitrogen and oxygen atoms in total. The van der Waals surface area contributed by atoms with Gasteiger partial charge in [-0.15, -0.1) is 0 Å². The molecule has 8 N–H and O–H groups in total. The Labute approximate surface area is 472 Å². The second-order valence-corrected chi connectivity index (χ2v) is 17.3. The molecule has 8 rings (SSSR count). The Morgan fingerprint density at radius 3 is 0.641 bits per heavy atom. The molecule has 418 valence electrons. The monoisotopic (exact) mass is 1250 g/mol. The molecule has 4 heterocycles. The maximum absolute atomic E-state index is 11.9. The molecule has 4 aliphatic heterocycles. The third-order valence-electron chi connectivity index (χ3n) is 11.9. The summed E-state index contributed by atoms with van der Waals surface area (Å²) in [5.74, 6) is -5.96. The number of benzene rings is 4. The summed E-state index contributed by atoms with van der Waals surface area (Å²) in [4.78, 5) is 140. The SMILES string of the molecule is O=C(O)[C@@H]1CN(C(=O)CCc2ccccc2)C(=O)N1.O=C(O)[C@@H]1CN(C(=O)CCc2ccccc2)C(=O)N1.O=C(O)[C@@H]1CN(C(=O)CCc2ccccc2)C(=O)N1.O=C(O)[C@@H]1CN(C(=O)CCc2ccccc2)C(=O)N1.[Rh].[Rh]. The number of hydrogen-bond donors (Lipinski definition) is 8. The van der Waals surface area contributed by atoms with Gasteiger partial charge in [0.05, 0.1) is 26.2 Å². The van der Waals surface area contributed by atoms with Gasteiger partial charge in [0.2, 0.25) is 23.6 Å². The van der Waals surface area contributed by atoms with Gasteiger partial charge < -0.3 is 41.7 Å². The minimum atomic E-state index is -1.13. The molecular weight excluding hydrogens is 1200 g/mol. The number of carboxylic acids is 4. The molecular formula is C52H56N8O16Rh2. The summed E-state index contributed by atoms with van der Waals surface area (Å²) in [6.45, 7) is -0.437. The molecule has 78 heavy (non-hydrogen) atoms. The van der Waals surface area contributed by atoms with Crippen LogP contribution in [0.3, 0.4) is 0 Å². The van der Waals surface area contributed by atoms with Crippen LogP contribution in [0.5, 0.6) is 0 Å². The van der Waals surface area contributed by atoms with Crippen molar-refractivity contribution in [3.63, 3.8) is 0 Å². The maximum Gasteiger partial charge on any atom is 0.328 e. The smallest absolute Gasteiger partial charge is 0.328 e. The van der Waals surface area contributed by atoms with Crippen molar-refractivity contribution in [2.75, 3.05) is 26.2 Å². The van der Waals surface area contributed by atoms with Gasteiger partial charge in [0.25, 0.3) is 0 Å². The zero-order valence-electron chi connectivity index (χ0n) is 41.5. The first-order valence-electron chi connectivity index (χ1n) is 23.8. The van der Waals surface area contributed by atoms with Crippen LogP contribution in [0.1, 0.15) is 47.9 Å². The largest absolute Gasteiger partial charge is 0.480 e. The number of hydrogen-bond acceptors (Lipinski definition) is 12. The number of carbonyl (C=O) groups is 12. The van der Waals surface area contributed by atoms with E-state index in [1.54, 1.807) is 0 Å². The Balaban J connectivity index is 0.000000271. The number of rotatable bonds is 16. The molecule has 4 aromatic carbocycles. The number of aliphatic carboxylic acids is 4. The quantitative estimate of drug-likeness (QED) is 0.0747. The molecule has 0 spiro atoms. The molecule has 4 atom stereocenters. The average Bonchev–Trinajstić information content (AvgIpc) is 4.23. The number of carboxylic acid groups (broad SMARTS) is 4. The van der Waals surface area contributed by atoms with Gasteiger partial charge in [-0.25, -0.2) is 38.4 Å². The number of nitrogens with zero attached hydrogens (tertiary/aromatic N) is 4. The molecule has 0 aromatic heterocycles. The van der Waals surface area contributed by atoms with E-state index in [9.17, 15) is 57.5 Å². The summed E-state index contributed by atoms with van der Waals surface area (Å²) in [7, 11) is 0. The Kier molecular flexibility index (Phi) is 26.1.